The zero-order valence-electron chi connectivity index (χ0n) is 207. The quantitative estimate of drug-likeness (QED) is 0.0942. The van der Waals surface area contributed by atoms with Crippen molar-refractivity contribution in [2.75, 3.05) is 0 Å². The molecule has 3 saturated carbocycles. The molecule has 15 nitrogen and oxygen atoms in total. The smallest absolute Gasteiger partial charge is 0.176 e. The van der Waals surface area contributed by atoms with Gasteiger partial charge in [-0.25, -0.2) is 43.1 Å². The minimum Gasteiger partial charge on any atom is -0.511 e. The molecule has 3 aromatic carbocycles. The van der Waals surface area contributed by atoms with Gasteiger partial charge >= 0.3 is 0 Å². The van der Waals surface area contributed by atoms with Crippen LogP contribution in [-0.4, -0.2) is 60.9 Å². The first kappa shape index (κ1) is 27.5. The molecular formula is C93H231F3N12O3. The highest BCUT2D eigenvalue weighted by molar-refractivity contribution is 6.02. The van der Waals surface area contributed by atoms with Crippen molar-refractivity contribution < 1.29 is 243 Å². The number of ketones is 1. The van der Waals surface area contributed by atoms with Crippen LogP contribution in [0.25, 0.3) is 67.9 Å². The van der Waals surface area contributed by atoms with Crippen LogP contribution in [0.2, 0.25) is 0 Å². The summed E-state index contributed by atoms with van der Waals surface area (Å²) in [4.78, 5) is 57.4. The minimum absolute atomic E-state index is 0. The number of pyridine rings is 3. The lowest BCUT2D eigenvalue weighted by atomic mass is 9.55. The zero-order chi connectivity index (χ0) is 221. The highest BCUT2D eigenvalue weighted by Crippen LogP contribution is 2.59. The van der Waals surface area contributed by atoms with Crippen molar-refractivity contribution >= 4 is 5.78 Å². The summed E-state index contributed by atoms with van der Waals surface area (Å²) in [6, 6.07) is 36.7. The van der Waals surface area contributed by atoms with Gasteiger partial charge in [0.05, 0.1) is 57.6 Å². The van der Waals surface area contributed by atoms with Gasteiger partial charge < -0.3 is 9.63 Å². The molecule has 3 fully saturated rings. The maximum atomic E-state index is 15.2. The standard InChI is InChI=1S/2C31H29FN4O.C31H27FN4O.73H2/c1-3-6-21-24-12-11-23-27(22-7-4-5-8-25(22)32)35-30(19-13-14-33-26(15-19)18-9-10-18)36-29(23)31(24,2)16-20-17-34-37-28(20)21;2*1-3-6-21-24-12-11-23-27(22-7-4-5-8-25(22)32)35-30(19-13-14-34-26(15-19)18-9-10-18)36-29(23)31(24,2)16-20(17-33)28(21)37;;;;;;;;;;;;;;;;;;;;;;;;;;;;;;;;;;;;;;;;;;;;;;;;;;;;;;;;;;;;;;;;;;;;;;;;;/h3-5,7-8,13-15,17-18,21,24H,1,6,9-12,16H2,2H3;3-5,7-8,13-15,18,21,24,37H,1,6,9-12,16H2,2H3;3-5,7-8,13-16,18,21,24H,1,6,9-12H2,2H3;73*1H/t3*21-,24-,31-;;;;;;;;;;;;;;;;;;;;;;;;;;;;;;;;;;;;;;;;;;;;;;;;;;;;;;;;;;;;;;;;;;;;;;;;;/m111........................................................................./s1/i;;;72*1+2T;1+2. The number of aliphatic hydroxyl groups excluding tert-OH is 1. The van der Waals surface area contributed by atoms with Gasteiger partial charge in [0.15, 0.2) is 23.3 Å². The molecule has 7 aromatic heterocycles. The summed E-state index contributed by atoms with van der Waals surface area (Å²) in [7, 11) is 0. The first-order valence-electron chi connectivity index (χ1n) is 111. The first-order chi connectivity index (χ1) is 126. The number of aromatic nitrogens is 10. The molecule has 7 heterocycles. The Hall–Kier alpha value is -11.5. The van der Waals surface area contributed by atoms with Crippen LogP contribution in [0.1, 0.15) is 405 Å². The van der Waals surface area contributed by atoms with Gasteiger partial charge in [-0.1, -0.05) is 86.6 Å². The van der Waals surface area contributed by atoms with Gasteiger partial charge in [0.2, 0.25) is 0 Å². The summed E-state index contributed by atoms with van der Waals surface area (Å²) in [5.41, 5.74) is 14.9. The fraction of sp³-hybridized carbons (Fsp3) is 0.344. The van der Waals surface area contributed by atoms with E-state index in [1.165, 1.54) is 31.0 Å². The highest BCUT2D eigenvalue weighted by Gasteiger charge is 2.55. The number of halogens is 3. The molecule has 111 heavy (non-hydrogen) atoms. The van der Waals surface area contributed by atoms with Crippen LogP contribution in [0.3, 0.4) is 0 Å². The maximum Gasteiger partial charge on any atom is 0.176 e. The molecule has 19 rings (SSSR count). The van der Waals surface area contributed by atoms with Crippen molar-refractivity contribution in [3.05, 3.63) is 275 Å². The van der Waals surface area contributed by atoms with Crippen molar-refractivity contribution in [1.29, 1.82) is 10.5 Å². The Morgan fingerprint density at radius 3 is 1.37 bits per heavy atom. The zero-order valence-corrected chi connectivity index (χ0v) is 62.6. The summed E-state index contributed by atoms with van der Waals surface area (Å²) in [5, 5.41) is 34.9. The Balaban J connectivity index is -0.0000000312. The third kappa shape index (κ3) is 13.0. The Labute approximate surface area is 868 Å². The van der Waals surface area contributed by atoms with Crippen molar-refractivity contribution in [2.45, 2.75) is 170 Å². The van der Waals surface area contributed by atoms with Crippen molar-refractivity contribution in [2.24, 2.45) is 29.6 Å². The van der Waals surface area contributed by atoms with Gasteiger partial charge in [-0.05, 0) is 200 Å². The normalized spacial score (nSPS) is 29.6. The lowest BCUT2D eigenvalue weighted by molar-refractivity contribution is -0.122. The summed E-state index contributed by atoms with van der Waals surface area (Å²) in [6.45, 7) is 18.3. The van der Waals surface area contributed by atoms with Crippen LogP contribution >= 0.6 is 0 Å². The number of nitrogens with zero attached hydrogens (tertiary/aromatic N) is 12. The average Bonchev–Trinajstić information content (AvgIpc) is 1.66. The largest absolute Gasteiger partial charge is 0.511 e. The minimum atomic E-state index is -0.676. The van der Waals surface area contributed by atoms with E-state index in [1.807, 2.05) is 73.1 Å². The Bertz CT molecular complexity index is 5860. The Morgan fingerprint density at radius 1 is 0.532 bits per heavy atom. The molecule has 18 heteroatoms. The van der Waals surface area contributed by atoms with E-state index in [9.17, 15) is 20.4 Å². The molecule has 0 unspecified atom stereocenters. The monoisotopic (exact) mass is 1910 g/mol. The molecule has 0 bridgehead atoms. The summed E-state index contributed by atoms with van der Waals surface area (Å²) < 4.78 is 771. The van der Waals surface area contributed by atoms with E-state index in [1.54, 1.807) is 54.9 Å². The average molecular weight is 1910 g/mol. The fourth-order valence-electron chi connectivity index (χ4n) is 19.5. The van der Waals surface area contributed by atoms with Crippen molar-refractivity contribution in [3.8, 4) is 80.1 Å². The Kier molecular flexibility index (Phi) is 7.19. The molecular weight excluding hydrogens is 1390 g/mol. The van der Waals surface area contributed by atoms with Crippen LogP contribution < -0.4 is 0 Å². The molecule has 1 N–H and O–H groups in total. The number of aliphatic hydroxyl groups is 1. The maximum absolute atomic E-state index is 15.2. The number of carbonyl (C=O) groups is 1. The molecule has 702 valence electrons. The van der Waals surface area contributed by atoms with Crippen LogP contribution in [0.15, 0.2) is 199 Å². The third-order valence-corrected chi connectivity index (χ3v) is 25.4. The van der Waals surface area contributed by atoms with Crippen molar-refractivity contribution in [1.82, 2.24) is 50.0 Å². The molecule has 0 saturated heterocycles. The SMILES string of the molecule is C=CC[C@H]1C(=O)C(C#N)=C[C@@]2(C)c3nc(-c4ccnc(C5CC5)c4)nc(-c4ccccc4F)c3CC[C@H]12.C=CC[C@H]1C(O)=C(C#N)C[C@@]2(C)c3nc(-c4ccnc(C5CC5)c4)nc(-c4ccccc4F)c3CC[C@H]12.C=CC[C@H]1c2oncc2C[C@@]2(C)c3nc(-c4ccnc(C5CC5)c4)nc(-c4ccccc4F)c3CC[C@H]12.[3HH].[3H][3H].[3H][3H].[3H][3H].[3H][3H].[3H][3H].[3H][3H].[3H][3H].[3H][3H].[3H][3H].[3H][3H].[3H][3H].[3H][3H].[3H][3H].[3H][3H].[3H][3H].[3H][3H].[3H][3H].[3H][3H].[3H][3H].[3H][3H].[3H][3H].[3H][3H].[3H][3H].[3H][3H].[3H][3H].[3H][3H].[3H][3H].[3H][3H].[3H][3H].[3H][3H].[3H][3H].[3H][3H].[3H][3H].[3H][3H].[3H][3H].[3H][3H].[3H][3H].[3H][3H].[3H][3H].[3H][3H].[3H][3H].[3H][3H].[3H][3H].[3H][3H].[3H][3H].[3H][3H].[3H][3H].[3H][3H].[3H][3H].[3H][3H].[3H][3H].[3H][3H].[3H][3H].[3H][3H].[3H][3H].[3H][3H].[3H][3H].[3H][3H].[3H][3H].[3H][3H].[3H][3H].[3H][3H].[3H][3H].[3H][3H].[3H][3H].[3H][3H].[3H][3H].[3H][3H].[3H][3H].[3H][3H].[3H][3H].[3H][3H]. The molecule has 0 spiro atoms. The van der Waals surface area contributed by atoms with Gasteiger partial charge in [0.25, 0.3) is 0 Å². The van der Waals surface area contributed by atoms with Crippen molar-refractivity contribution in [3.63, 3.8) is 0 Å². The lowest BCUT2D eigenvalue weighted by Gasteiger charge is -2.48. The molecule has 0 amide bonds. The number of carbonyl (C=O) groups excluding carboxylic acids is 1. The molecule has 9 aliphatic rings. The molecule has 0 aliphatic heterocycles. The summed E-state index contributed by atoms with van der Waals surface area (Å²) in [5.74, 6) is 3.28. The second kappa shape index (κ2) is 29.1. The van der Waals surface area contributed by atoms with Crippen LogP contribution in [0.4, 0.5) is 13.2 Å². The number of Topliss-reactive ketones (excluding diaryl/α,β-unsaturated/α-hetero) is 1. The predicted molar refractivity (Wildman–Crippen MR) is 573 cm³/mol. The van der Waals surface area contributed by atoms with E-state index in [-0.39, 0.29) is 71.0 Å². The number of benzene rings is 3. The van der Waals surface area contributed by atoms with E-state index in [0.29, 0.717) is 119 Å². The fourth-order valence-corrected chi connectivity index (χ4v) is 19.5. The van der Waals surface area contributed by atoms with E-state index in [4.69, 9.17) is 248 Å². The second-order valence-corrected chi connectivity index (χ2v) is 32.4. The highest BCUT2D eigenvalue weighted by atomic mass is 19.1. The van der Waals surface area contributed by atoms with Crippen LogP contribution in [0, 0.1) is 69.7 Å². The van der Waals surface area contributed by atoms with Gasteiger partial charge in [-0.3, -0.25) is 19.7 Å². The van der Waals surface area contributed by atoms with Gasteiger partial charge in [0.1, 0.15) is 35.0 Å². The number of fused-ring (bicyclic) bond motifs is 10. The number of hydrogen-bond donors (Lipinski definition) is 1. The molecule has 10 aromatic rings. The van der Waals surface area contributed by atoms with Gasteiger partial charge in [0, 0.05) is 358 Å². The Morgan fingerprint density at radius 2 is 0.937 bits per heavy atom. The summed E-state index contributed by atoms with van der Waals surface area (Å²) >= 11 is 0. The number of nitriles is 2. The predicted octanol–water partition coefficient (Wildman–Crippen LogP) is 38.1. The first-order valence-corrected chi connectivity index (χ1v) is 39.1. The molecule has 0 radical (unpaired) electrons. The number of hydrogen-bond acceptors (Lipinski definition) is 15. The van der Waals surface area contributed by atoms with Gasteiger partial charge in [-0.2, -0.15) is 10.5 Å². The molecule has 9 atom stereocenters. The van der Waals surface area contributed by atoms with Crippen LogP contribution in [-0.2, 0) is 46.7 Å². The summed E-state index contributed by atoms with van der Waals surface area (Å²) in [6.07, 6.45) is 29.1. The van der Waals surface area contributed by atoms with E-state index in [0.717, 1.165) is 137 Å². The third-order valence-electron chi connectivity index (χ3n) is 25.4. The van der Waals surface area contributed by atoms with E-state index in [2.05, 4.69) is 84.9 Å². The number of rotatable bonds is 15. The second-order valence-electron chi connectivity index (χ2n) is 32.4. The number of allylic oxidation sites excluding steroid dienone is 7. The van der Waals surface area contributed by atoms with Crippen LogP contribution in [0.5, 0.6) is 0 Å². The van der Waals surface area contributed by atoms with E-state index < -0.39 is 10.8 Å². The van der Waals surface area contributed by atoms with E-state index >= 15 is 13.2 Å². The topological polar surface area (TPSA) is 227 Å². The molecule has 9 aliphatic carbocycles. The van der Waals surface area contributed by atoms with Gasteiger partial charge in [-0.15, -0.1) is 19.7 Å². The lowest BCUT2D eigenvalue weighted by Crippen LogP contribution is -2.47.